The molecule has 0 aliphatic heterocycles. The molecule has 1 heterocycles. The first kappa shape index (κ1) is 17.7. The lowest BCUT2D eigenvalue weighted by Gasteiger charge is -2.19. The average Bonchev–Trinajstić information content (AvgIpc) is 2.99. The maximum Gasteiger partial charge on any atom is 0.191 e. The molecule has 1 aromatic rings. The van der Waals surface area contributed by atoms with E-state index in [1.165, 1.54) is 0 Å². The molecular formula is C15H25N3O2S. The molecule has 3 N–H and O–H groups in total. The number of aliphatic imine (C=N–C) groups is 1. The molecule has 0 aromatic carbocycles. The Bertz CT molecular complexity index is 430. The zero-order valence-electron chi connectivity index (χ0n) is 12.8. The smallest absolute Gasteiger partial charge is 0.191 e. The van der Waals surface area contributed by atoms with Gasteiger partial charge in [0.1, 0.15) is 11.4 Å². The summed E-state index contributed by atoms with van der Waals surface area (Å²) in [4.78, 5) is 4.41. The van der Waals surface area contributed by atoms with Gasteiger partial charge in [-0.15, -0.1) is 6.58 Å². The van der Waals surface area contributed by atoms with E-state index < -0.39 is 5.60 Å². The van der Waals surface area contributed by atoms with E-state index in [2.05, 4.69) is 22.2 Å². The molecule has 0 bridgehead atoms. The van der Waals surface area contributed by atoms with Crippen LogP contribution in [0.4, 0.5) is 0 Å². The van der Waals surface area contributed by atoms with Crippen LogP contribution in [0.2, 0.25) is 0 Å². The Morgan fingerprint density at radius 3 is 3.00 bits per heavy atom. The highest BCUT2D eigenvalue weighted by Crippen LogP contribution is 2.20. The Morgan fingerprint density at radius 1 is 1.57 bits per heavy atom. The van der Waals surface area contributed by atoms with E-state index in [0.29, 0.717) is 11.7 Å². The van der Waals surface area contributed by atoms with Crippen molar-refractivity contribution in [1.82, 2.24) is 10.6 Å². The van der Waals surface area contributed by atoms with Crippen LogP contribution < -0.4 is 10.6 Å². The molecule has 0 saturated carbocycles. The van der Waals surface area contributed by atoms with E-state index in [1.54, 1.807) is 25.3 Å². The lowest BCUT2D eigenvalue weighted by Crippen LogP contribution is -2.39. The minimum absolute atomic E-state index is 0.232. The van der Waals surface area contributed by atoms with Crippen LogP contribution in [0.3, 0.4) is 0 Å². The first-order valence-electron chi connectivity index (χ1n) is 7.07. The van der Waals surface area contributed by atoms with E-state index in [9.17, 15) is 5.11 Å². The van der Waals surface area contributed by atoms with Crippen molar-refractivity contribution in [1.29, 1.82) is 0 Å². The monoisotopic (exact) mass is 311 g/mol. The van der Waals surface area contributed by atoms with Gasteiger partial charge in [0.15, 0.2) is 5.96 Å². The van der Waals surface area contributed by atoms with Crippen LogP contribution in [0.15, 0.2) is 40.5 Å². The van der Waals surface area contributed by atoms with E-state index in [-0.39, 0.29) is 6.54 Å². The molecule has 6 heteroatoms. The third kappa shape index (κ3) is 6.73. The minimum atomic E-state index is -1.11. The summed E-state index contributed by atoms with van der Waals surface area (Å²) < 4.78 is 5.24. The minimum Gasteiger partial charge on any atom is -0.466 e. The molecule has 0 saturated heterocycles. The molecule has 0 aliphatic carbocycles. The maximum atomic E-state index is 10.4. The van der Waals surface area contributed by atoms with Crippen LogP contribution in [0, 0.1) is 0 Å². The van der Waals surface area contributed by atoms with Gasteiger partial charge >= 0.3 is 0 Å². The number of hydrogen-bond donors (Lipinski definition) is 3. The van der Waals surface area contributed by atoms with Gasteiger partial charge in [-0.1, -0.05) is 6.08 Å². The number of nitrogens with zero attached hydrogens (tertiary/aromatic N) is 1. The molecule has 1 aromatic heterocycles. The zero-order valence-corrected chi connectivity index (χ0v) is 13.6. The zero-order chi connectivity index (χ0) is 15.6. The van der Waals surface area contributed by atoms with Crippen molar-refractivity contribution in [2.75, 3.05) is 31.1 Å². The van der Waals surface area contributed by atoms with E-state index in [1.807, 2.05) is 24.8 Å². The number of hydrogen-bond acceptors (Lipinski definition) is 4. The molecule has 1 rings (SSSR count). The van der Waals surface area contributed by atoms with Gasteiger partial charge in [-0.2, -0.15) is 11.8 Å². The Morgan fingerprint density at radius 2 is 2.38 bits per heavy atom. The Hall–Kier alpha value is -1.40. The molecule has 21 heavy (non-hydrogen) atoms. The van der Waals surface area contributed by atoms with Crippen molar-refractivity contribution in [3.8, 4) is 0 Å². The van der Waals surface area contributed by atoms with Crippen molar-refractivity contribution in [2.45, 2.75) is 19.4 Å². The fourth-order valence-electron chi connectivity index (χ4n) is 1.65. The van der Waals surface area contributed by atoms with Crippen LogP contribution in [0.5, 0.6) is 0 Å². The number of furan rings is 1. The quantitative estimate of drug-likeness (QED) is 0.281. The van der Waals surface area contributed by atoms with Gasteiger partial charge in [0.05, 0.1) is 12.8 Å². The fourth-order valence-corrected chi connectivity index (χ4v) is 2.23. The van der Waals surface area contributed by atoms with Gasteiger partial charge < -0.3 is 20.2 Å². The molecule has 0 aliphatic rings. The van der Waals surface area contributed by atoms with Gasteiger partial charge in [0.2, 0.25) is 0 Å². The molecule has 0 spiro atoms. The van der Waals surface area contributed by atoms with Crippen molar-refractivity contribution < 1.29 is 9.52 Å². The summed E-state index contributed by atoms with van der Waals surface area (Å²) in [6.07, 6.45) is 3.44. The molecule has 118 valence electrons. The summed E-state index contributed by atoms with van der Waals surface area (Å²) in [7, 11) is 0. The molecular weight excluding hydrogens is 286 g/mol. The highest BCUT2D eigenvalue weighted by molar-refractivity contribution is 7.99. The van der Waals surface area contributed by atoms with Gasteiger partial charge in [0.25, 0.3) is 0 Å². The lowest BCUT2D eigenvalue weighted by molar-refractivity contribution is 0.0437. The van der Waals surface area contributed by atoms with Gasteiger partial charge in [-0.25, -0.2) is 4.99 Å². The molecule has 0 fully saturated rings. The third-order valence-corrected chi connectivity index (χ3v) is 3.68. The van der Waals surface area contributed by atoms with Crippen molar-refractivity contribution >= 4 is 17.7 Å². The Labute approximate surface area is 130 Å². The van der Waals surface area contributed by atoms with Gasteiger partial charge in [0, 0.05) is 24.6 Å². The number of aliphatic hydroxyl groups is 1. The fraction of sp³-hybridized carbons (Fsp3) is 0.533. The SMILES string of the molecule is C=CCSCCNC(=NCC(C)(O)c1ccco1)NCC. The highest BCUT2D eigenvalue weighted by atomic mass is 32.2. The van der Waals surface area contributed by atoms with Crippen LogP contribution in [-0.4, -0.2) is 42.2 Å². The first-order chi connectivity index (χ1) is 10.1. The number of rotatable bonds is 9. The standard InChI is InChI=1S/C15H25N3O2S/c1-4-10-21-11-8-17-14(16-5-2)18-12-15(3,19)13-7-6-9-20-13/h4,6-7,9,19H,1,5,8,10-12H2,2-3H3,(H2,16,17,18). The molecule has 0 amide bonds. The summed E-state index contributed by atoms with van der Waals surface area (Å²) in [6, 6.07) is 3.51. The van der Waals surface area contributed by atoms with E-state index in [4.69, 9.17) is 4.42 Å². The normalized spacial score (nSPS) is 14.5. The van der Waals surface area contributed by atoms with E-state index in [0.717, 1.165) is 24.6 Å². The van der Waals surface area contributed by atoms with Crippen molar-refractivity contribution in [3.05, 3.63) is 36.8 Å². The number of nitrogens with one attached hydrogen (secondary N) is 2. The molecule has 1 unspecified atom stereocenters. The largest absolute Gasteiger partial charge is 0.466 e. The molecule has 0 radical (unpaired) electrons. The lowest BCUT2D eigenvalue weighted by atomic mass is 10.0. The summed E-state index contributed by atoms with van der Waals surface area (Å²) >= 11 is 1.81. The predicted molar refractivity (Wildman–Crippen MR) is 89.8 cm³/mol. The highest BCUT2D eigenvalue weighted by Gasteiger charge is 2.25. The van der Waals surface area contributed by atoms with Gasteiger partial charge in [-0.05, 0) is 26.0 Å². The second kappa shape index (κ2) is 9.52. The summed E-state index contributed by atoms with van der Waals surface area (Å²) in [5.41, 5.74) is -1.11. The van der Waals surface area contributed by atoms with E-state index >= 15 is 0 Å². The van der Waals surface area contributed by atoms with Crippen molar-refractivity contribution in [2.24, 2.45) is 4.99 Å². The summed E-state index contributed by atoms with van der Waals surface area (Å²) in [5.74, 6) is 3.14. The topological polar surface area (TPSA) is 69.8 Å². The van der Waals surface area contributed by atoms with Crippen LogP contribution in [-0.2, 0) is 5.60 Å². The second-order valence-electron chi connectivity index (χ2n) is 4.74. The molecule has 5 nitrogen and oxygen atoms in total. The second-order valence-corrected chi connectivity index (χ2v) is 5.89. The number of guanidine groups is 1. The molecule has 1 atom stereocenters. The van der Waals surface area contributed by atoms with Crippen LogP contribution >= 0.6 is 11.8 Å². The third-order valence-electron chi connectivity index (χ3n) is 2.72. The Balaban J connectivity index is 2.48. The summed E-state index contributed by atoms with van der Waals surface area (Å²) in [5, 5.41) is 16.8. The summed E-state index contributed by atoms with van der Waals surface area (Å²) in [6.45, 7) is 9.21. The van der Waals surface area contributed by atoms with Crippen LogP contribution in [0.1, 0.15) is 19.6 Å². The number of thioether (sulfide) groups is 1. The maximum absolute atomic E-state index is 10.4. The first-order valence-corrected chi connectivity index (χ1v) is 8.22. The average molecular weight is 311 g/mol. The van der Waals surface area contributed by atoms with Crippen LogP contribution in [0.25, 0.3) is 0 Å². The van der Waals surface area contributed by atoms with Crippen molar-refractivity contribution in [3.63, 3.8) is 0 Å². The Kier molecular flexibility index (Phi) is 8.00. The predicted octanol–water partition coefficient (Wildman–Crippen LogP) is 1.96. The van der Waals surface area contributed by atoms with Gasteiger partial charge in [-0.3, -0.25) is 0 Å².